The average molecular weight is 277 g/mol. The molecule has 0 aliphatic rings. The lowest BCUT2D eigenvalue weighted by atomic mass is 10.0. The van der Waals surface area contributed by atoms with E-state index in [4.69, 9.17) is 5.41 Å². The minimum Gasteiger partial charge on any atom is -0.320 e. The number of thiazole rings is 1. The third-order valence-electron chi connectivity index (χ3n) is 2.90. The van der Waals surface area contributed by atoms with Crippen LogP contribution in [0.1, 0.15) is 5.56 Å². The number of nitrogens with one attached hydrogen (secondary N) is 1. The van der Waals surface area contributed by atoms with E-state index in [0.29, 0.717) is 4.80 Å². The van der Waals surface area contributed by atoms with Gasteiger partial charge in [0.1, 0.15) is 0 Å². The number of halogens is 1. The molecule has 4 heteroatoms. The molecule has 0 fully saturated rings. The number of hydrogen-bond acceptors (Lipinski definition) is 2. The number of aromatic nitrogens is 1. The summed E-state index contributed by atoms with van der Waals surface area (Å²) in [7, 11) is 0. The fourth-order valence-electron chi connectivity index (χ4n) is 2.04. The lowest BCUT2D eigenvalue weighted by Crippen LogP contribution is -2.12. The second-order valence-corrected chi connectivity index (χ2v) is 4.87. The van der Waals surface area contributed by atoms with Crippen LogP contribution in [0.5, 0.6) is 0 Å². The van der Waals surface area contributed by atoms with Crippen molar-refractivity contribution >= 4 is 34.5 Å². The summed E-state index contributed by atoms with van der Waals surface area (Å²) in [6.45, 7) is 0.768. The molecular weight excluding hydrogens is 264 g/mol. The lowest BCUT2D eigenvalue weighted by molar-refractivity contribution is 0.764. The molecule has 2 nitrogen and oxygen atoms in total. The molecule has 0 saturated heterocycles. The summed E-state index contributed by atoms with van der Waals surface area (Å²) in [6, 6.07) is 14.7. The molecule has 0 aliphatic heterocycles. The fourth-order valence-corrected chi connectivity index (χ4v) is 2.64. The SMILES string of the molecule is Cl.N=c1sccn1Cc1cccc2ccccc12. The van der Waals surface area contributed by atoms with E-state index in [-0.39, 0.29) is 12.4 Å². The maximum Gasteiger partial charge on any atom is 0.182 e. The van der Waals surface area contributed by atoms with Crippen LogP contribution in [0.4, 0.5) is 0 Å². The highest BCUT2D eigenvalue weighted by Gasteiger charge is 2.01. The highest BCUT2D eigenvalue weighted by atomic mass is 35.5. The number of benzene rings is 2. The van der Waals surface area contributed by atoms with Crippen molar-refractivity contribution in [2.24, 2.45) is 0 Å². The zero-order valence-electron chi connectivity index (χ0n) is 9.67. The van der Waals surface area contributed by atoms with Crippen LogP contribution in [0.25, 0.3) is 10.8 Å². The van der Waals surface area contributed by atoms with E-state index in [1.54, 1.807) is 0 Å². The molecule has 0 unspecified atom stereocenters. The molecule has 0 radical (unpaired) electrons. The summed E-state index contributed by atoms with van der Waals surface area (Å²) in [5, 5.41) is 12.3. The Hall–Kier alpha value is -1.58. The van der Waals surface area contributed by atoms with Gasteiger partial charge in [-0.1, -0.05) is 42.5 Å². The molecule has 1 aromatic heterocycles. The smallest absolute Gasteiger partial charge is 0.182 e. The predicted octanol–water partition coefficient (Wildman–Crippen LogP) is 3.65. The largest absolute Gasteiger partial charge is 0.320 e. The second kappa shape index (κ2) is 5.38. The fraction of sp³-hybridized carbons (Fsp3) is 0.0714. The van der Waals surface area contributed by atoms with Crippen molar-refractivity contribution in [3.05, 3.63) is 64.4 Å². The van der Waals surface area contributed by atoms with Gasteiger partial charge in [0.05, 0.1) is 6.54 Å². The molecule has 1 N–H and O–H groups in total. The van der Waals surface area contributed by atoms with Gasteiger partial charge in [0, 0.05) is 11.6 Å². The molecule has 18 heavy (non-hydrogen) atoms. The molecular formula is C14H13ClN2S. The molecule has 0 saturated carbocycles. The Morgan fingerprint density at radius 3 is 2.61 bits per heavy atom. The normalized spacial score (nSPS) is 10.2. The van der Waals surface area contributed by atoms with Gasteiger partial charge in [-0.2, -0.15) is 0 Å². The van der Waals surface area contributed by atoms with E-state index in [1.165, 1.54) is 27.7 Å². The summed E-state index contributed by atoms with van der Waals surface area (Å²) in [5.41, 5.74) is 1.26. The van der Waals surface area contributed by atoms with Crippen LogP contribution in [0, 0.1) is 5.41 Å². The molecule has 3 aromatic rings. The van der Waals surface area contributed by atoms with Crippen LogP contribution in [-0.2, 0) is 6.54 Å². The molecule has 0 spiro atoms. The van der Waals surface area contributed by atoms with Gasteiger partial charge in [0.25, 0.3) is 0 Å². The third kappa shape index (κ3) is 2.33. The second-order valence-electron chi connectivity index (χ2n) is 3.97. The average Bonchev–Trinajstić information content (AvgIpc) is 2.76. The molecule has 0 amide bonds. The molecule has 0 aliphatic carbocycles. The number of rotatable bonds is 2. The summed E-state index contributed by atoms with van der Waals surface area (Å²) in [4.78, 5) is 0.595. The van der Waals surface area contributed by atoms with Gasteiger partial charge in [0.15, 0.2) is 4.80 Å². The van der Waals surface area contributed by atoms with Crippen LogP contribution in [-0.4, -0.2) is 4.57 Å². The Labute approximate surface area is 115 Å². The van der Waals surface area contributed by atoms with Crippen molar-refractivity contribution < 1.29 is 0 Å². The minimum atomic E-state index is 0. The summed E-state index contributed by atoms with van der Waals surface area (Å²) in [5.74, 6) is 0. The van der Waals surface area contributed by atoms with Crippen LogP contribution in [0.3, 0.4) is 0 Å². The van der Waals surface area contributed by atoms with E-state index >= 15 is 0 Å². The van der Waals surface area contributed by atoms with E-state index in [9.17, 15) is 0 Å². The topological polar surface area (TPSA) is 28.8 Å². The maximum atomic E-state index is 7.79. The first-order valence-corrected chi connectivity index (χ1v) is 6.38. The zero-order valence-corrected chi connectivity index (χ0v) is 11.3. The van der Waals surface area contributed by atoms with Crippen LogP contribution >= 0.6 is 23.7 Å². The molecule has 0 bridgehead atoms. The Kier molecular flexibility index (Phi) is 3.84. The monoisotopic (exact) mass is 276 g/mol. The molecule has 3 rings (SSSR count). The van der Waals surface area contributed by atoms with E-state index in [1.807, 2.05) is 16.1 Å². The van der Waals surface area contributed by atoms with Gasteiger partial charge in [-0.3, -0.25) is 5.41 Å². The van der Waals surface area contributed by atoms with E-state index < -0.39 is 0 Å². The quantitative estimate of drug-likeness (QED) is 0.740. The third-order valence-corrected chi connectivity index (χ3v) is 3.62. The van der Waals surface area contributed by atoms with Crippen LogP contribution in [0.15, 0.2) is 54.0 Å². The molecule has 1 heterocycles. The van der Waals surface area contributed by atoms with Gasteiger partial charge in [-0.05, 0) is 16.3 Å². The number of nitrogens with zero attached hydrogens (tertiary/aromatic N) is 1. The molecule has 92 valence electrons. The van der Waals surface area contributed by atoms with Crippen LogP contribution in [0.2, 0.25) is 0 Å². The van der Waals surface area contributed by atoms with Gasteiger partial charge in [-0.15, -0.1) is 23.7 Å². The highest BCUT2D eigenvalue weighted by molar-refractivity contribution is 7.06. The standard InChI is InChI=1S/C14H12N2S.ClH/c15-14-16(8-9-17-14)10-12-6-3-5-11-4-1-2-7-13(11)12;/h1-9,15H,10H2;1H. The molecule has 2 aromatic carbocycles. The van der Waals surface area contributed by atoms with Gasteiger partial charge < -0.3 is 4.57 Å². The van der Waals surface area contributed by atoms with Crippen molar-refractivity contribution in [2.75, 3.05) is 0 Å². The summed E-state index contributed by atoms with van der Waals surface area (Å²) < 4.78 is 1.96. The predicted molar refractivity (Wildman–Crippen MR) is 78.5 cm³/mol. The van der Waals surface area contributed by atoms with E-state index in [0.717, 1.165) is 6.54 Å². The first-order valence-electron chi connectivity index (χ1n) is 5.50. The zero-order chi connectivity index (χ0) is 11.7. The Morgan fingerprint density at radius 1 is 1.06 bits per heavy atom. The Bertz CT molecular complexity index is 709. The highest BCUT2D eigenvalue weighted by Crippen LogP contribution is 2.19. The van der Waals surface area contributed by atoms with Crippen molar-refractivity contribution in [2.45, 2.75) is 6.54 Å². The van der Waals surface area contributed by atoms with Crippen molar-refractivity contribution in [3.63, 3.8) is 0 Å². The van der Waals surface area contributed by atoms with Gasteiger partial charge in [-0.25, -0.2) is 0 Å². The minimum absolute atomic E-state index is 0. The maximum absolute atomic E-state index is 7.79. The van der Waals surface area contributed by atoms with E-state index in [2.05, 4.69) is 42.5 Å². The van der Waals surface area contributed by atoms with Crippen molar-refractivity contribution in [3.8, 4) is 0 Å². The summed E-state index contributed by atoms with van der Waals surface area (Å²) >= 11 is 1.46. The van der Waals surface area contributed by atoms with Gasteiger partial charge >= 0.3 is 0 Å². The van der Waals surface area contributed by atoms with Crippen LogP contribution < -0.4 is 4.80 Å². The molecule has 0 atom stereocenters. The van der Waals surface area contributed by atoms with Gasteiger partial charge in [0.2, 0.25) is 0 Å². The first kappa shape index (κ1) is 12.9. The lowest BCUT2D eigenvalue weighted by Gasteiger charge is -2.07. The number of fused-ring (bicyclic) bond motifs is 1. The van der Waals surface area contributed by atoms with Crippen molar-refractivity contribution in [1.29, 1.82) is 5.41 Å². The number of hydrogen-bond donors (Lipinski definition) is 1. The first-order chi connectivity index (χ1) is 8.34. The summed E-state index contributed by atoms with van der Waals surface area (Å²) in [6.07, 6.45) is 1.97. The van der Waals surface area contributed by atoms with Crippen molar-refractivity contribution in [1.82, 2.24) is 4.57 Å². The Morgan fingerprint density at radius 2 is 1.83 bits per heavy atom. The Balaban J connectivity index is 0.00000120.